The van der Waals surface area contributed by atoms with Gasteiger partial charge in [-0.3, -0.25) is 9.97 Å². The molecule has 0 saturated carbocycles. The first-order chi connectivity index (χ1) is 14.4. The zero-order valence-corrected chi connectivity index (χ0v) is 18.3. The van der Waals surface area contributed by atoms with Crippen LogP contribution in [0.3, 0.4) is 0 Å². The monoisotopic (exact) mass is 420 g/mol. The Morgan fingerprint density at radius 2 is 1.73 bits per heavy atom. The molecular weight excluding hydrogens is 396 g/mol. The molecule has 1 heterocycles. The number of rotatable bonds is 7. The van der Waals surface area contributed by atoms with Gasteiger partial charge in [0.25, 0.3) is 0 Å². The maximum absolute atomic E-state index is 11.8. The molecule has 154 valence electrons. The minimum absolute atomic E-state index is 0.218. The van der Waals surface area contributed by atoms with Crippen LogP contribution in [-0.2, 0) is 10.5 Å². The normalized spacial score (nSPS) is 11.4. The Morgan fingerprint density at radius 3 is 2.40 bits per heavy atom. The molecule has 1 N–H and O–H groups in total. The van der Waals surface area contributed by atoms with E-state index in [2.05, 4.69) is 9.97 Å². The maximum atomic E-state index is 11.8. The third-order valence-electron chi connectivity index (χ3n) is 4.76. The first kappa shape index (κ1) is 21.6. The number of methoxy groups -OCH3 is 1. The lowest BCUT2D eigenvalue weighted by Crippen LogP contribution is -2.01. The third kappa shape index (κ3) is 5.27. The van der Waals surface area contributed by atoms with Crippen molar-refractivity contribution in [3.05, 3.63) is 82.4 Å². The highest BCUT2D eigenvalue weighted by Crippen LogP contribution is 2.26. The number of thioether (sulfide) groups is 1. The Balaban J connectivity index is 1.77. The number of carboxylic acid groups (broad SMARTS) is 1. The predicted molar refractivity (Wildman–Crippen MR) is 121 cm³/mol. The molecule has 2 aromatic carbocycles. The number of carbonyl (C=O) groups is 1. The molecule has 0 saturated heterocycles. The van der Waals surface area contributed by atoms with E-state index in [1.54, 1.807) is 49.2 Å². The largest absolute Gasteiger partial charge is 0.497 e. The molecule has 3 rings (SSSR count). The van der Waals surface area contributed by atoms with Gasteiger partial charge in [0.2, 0.25) is 0 Å². The number of aromatic nitrogens is 2. The van der Waals surface area contributed by atoms with E-state index >= 15 is 0 Å². The van der Waals surface area contributed by atoms with Gasteiger partial charge in [-0.05, 0) is 62.2 Å². The molecule has 0 bridgehead atoms. The van der Waals surface area contributed by atoms with Crippen LogP contribution in [0.5, 0.6) is 5.75 Å². The van der Waals surface area contributed by atoms with Crippen molar-refractivity contribution in [1.82, 2.24) is 9.97 Å². The maximum Gasteiger partial charge on any atom is 0.336 e. The number of carboxylic acids is 1. The number of hydrogen-bond donors (Lipinski definition) is 1. The van der Waals surface area contributed by atoms with Gasteiger partial charge in [-0.25, -0.2) is 4.79 Å². The van der Waals surface area contributed by atoms with E-state index < -0.39 is 5.97 Å². The van der Waals surface area contributed by atoms with E-state index in [4.69, 9.17) is 4.74 Å². The van der Waals surface area contributed by atoms with Gasteiger partial charge in [0.1, 0.15) is 5.75 Å². The third-order valence-corrected chi connectivity index (χ3v) is 5.78. The molecule has 6 heteroatoms. The molecule has 30 heavy (non-hydrogen) atoms. The van der Waals surface area contributed by atoms with E-state index in [0.29, 0.717) is 11.3 Å². The Hall–Kier alpha value is -3.12. The zero-order valence-electron chi connectivity index (χ0n) is 17.5. The van der Waals surface area contributed by atoms with Gasteiger partial charge < -0.3 is 9.84 Å². The topological polar surface area (TPSA) is 72.3 Å². The summed E-state index contributed by atoms with van der Waals surface area (Å²) in [7, 11) is 1.56. The van der Waals surface area contributed by atoms with Crippen LogP contribution in [0.15, 0.2) is 53.4 Å². The van der Waals surface area contributed by atoms with Crippen LogP contribution in [-0.4, -0.2) is 28.2 Å². The fourth-order valence-electron chi connectivity index (χ4n) is 2.94. The summed E-state index contributed by atoms with van der Waals surface area (Å²) in [6.07, 6.45) is 1.67. The summed E-state index contributed by atoms with van der Waals surface area (Å²) in [5, 5.41) is 9.66. The zero-order chi connectivity index (χ0) is 21.7. The summed E-state index contributed by atoms with van der Waals surface area (Å²) < 4.78 is 5.20. The van der Waals surface area contributed by atoms with Crippen LogP contribution >= 0.6 is 11.8 Å². The molecule has 0 radical (unpaired) electrons. The molecule has 0 spiro atoms. The van der Waals surface area contributed by atoms with Crippen LogP contribution in [0.4, 0.5) is 0 Å². The Labute approximate surface area is 180 Å². The predicted octanol–water partition coefficient (Wildman–Crippen LogP) is 5.33. The van der Waals surface area contributed by atoms with E-state index in [-0.39, 0.29) is 5.57 Å². The van der Waals surface area contributed by atoms with Crippen molar-refractivity contribution in [2.75, 3.05) is 7.11 Å². The van der Waals surface area contributed by atoms with Crippen molar-refractivity contribution in [3.63, 3.8) is 0 Å². The number of aliphatic carboxylic acids is 1. The summed E-state index contributed by atoms with van der Waals surface area (Å²) in [4.78, 5) is 22.1. The van der Waals surface area contributed by atoms with E-state index in [9.17, 15) is 9.90 Å². The first-order valence-corrected chi connectivity index (χ1v) is 10.5. The van der Waals surface area contributed by atoms with Gasteiger partial charge in [-0.15, -0.1) is 11.8 Å². The van der Waals surface area contributed by atoms with Crippen LogP contribution in [0, 0.1) is 20.8 Å². The summed E-state index contributed by atoms with van der Waals surface area (Å²) in [6.45, 7) is 5.92. The van der Waals surface area contributed by atoms with E-state index in [0.717, 1.165) is 39.0 Å². The number of aryl methyl sites for hydroxylation is 3. The first-order valence-electron chi connectivity index (χ1n) is 9.50. The number of ether oxygens (including phenoxy) is 1. The smallest absolute Gasteiger partial charge is 0.336 e. The molecule has 3 aromatic rings. The van der Waals surface area contributed by atoms with Crippen molar-refractivity contribution in [1.29, 1.82) is 0 Å². The van der Waals surface area contributed by atoms with Crippen LogP contribution in [0.2, 0.25) is 0 Å². The number of nitrogens with zero attached hydrogens (tertiary/aromatic N) is 2. The summed E-state index contributed by atoms with van der Waals surface area (Å²) in [6, 6.07) is 14.9. The highest BCUT2D eigenvalue weighted by molar-refractivity contribution is 7.98. The fourth-order valence-corrected chi connectivity index (χ4v) is 3.84. The SMILES string of the molecule is COc1cccc(/C(=C\c2ccc(SCc3nc(C)c(C)nc3C)cc2)C(=O)O)c1. The number of benzene rings is 2. The lowest BCUT2D eigenvalue weighted by Gasteiger charge is -2.08. The molecular formula is C24H24N2O3S. The second kappa shape index (κ2) is 9.59. The summed E-state index contributed by atoms with van der Waals surface area (Å²) in [5.41, 5.74) is 5.49. The molecule has 0 unspecified atom stereocenters. The van der Waals surface area contributed by atoms with Crippen LogP contribution in [0.25, 0.3) is 11.6 Å². The van der Waals surface area contributed by atoms with E-state index in [1.807, 2.05) is 45.0 Å². The van der Waals surface area contributed by atoms with Crippen molar-refractivity contribution >= 4 is 29.4 Å². The average molecular weight is 421 g/mol. The quantitative estimate of drug-likeness (QED) is 0.316. The second-order valence-corrected chi connectivity index (χ2v) is 7.93. The van der Waals surface area contributed by atoms with Gasteiger partial charge >= 0.3 is 5.97 Å². The van der Waals surface area contributed by atoms with Gasteiger partial charge in [-0.1, -0.05) is 24.3 Å². The van der Waals surface area contributed by atoms with Crippen LogP contribution in [0.1, 0.15) is 33.9 Å². The fraction of sp³-hybridized carbons (Fsp3) is 0.208. The molecule has 0 aliphatic heterocycles. The lowest BCUT2D eigenvalue weighted by molar-refractivity contribution is -0.130. The molecule has 1 aromatic heterocycles. The highest BCUT2D eigenvalue weighted by atomic mass is 32.2. The van der Waals surface area contributed by atoms with Crippen LogP contribution < -0.4 is 4.74 Å². The second-order valence-electron chi connectivity index (χ2n) is 6.88. The Morgan fingerprint density at radius 1 is 1.03 bits per heavy atom. The molecule has 0 aliphatic rings. The number of hydrogen-bond acceptors (Lipinski definition) is 5. The van der Waals surface area contributed by atoms with Crippen molar-refractivity contribution in [3.8, 4) is 5.75 Å². The molecule has 0 fully saturated rings. The molecule has 0 atom stereocenters. The minimum atomic E-state index is -0.981. The van der Waals surface area contributed by atoms with Crippen molar-refractivity contribution in [2.24, 2.45) is 0 Å². The summed E-state index contributed by atoms with van der Waals surface area (Å²) >= 11 is 1.68. The van der Waals surface area contributed by atoms with Gasteiger partial charge in [0, 0.05) is 10.6 Å². The van der Waals surface area contributed by atoms with Crippen molar-refractivity contribution < 1.29 is 14.6 Å². The van der Waals surface area contributed by atoms with Gasteiger partial charge in [0.15, 0.2) is 0 Å². The van der Waals surface area contributed by atoms with E-state index in [1.165, 1.54) is 0 Å². The van der Waals surface area contributed by atoms with Gasteiger partial charge in [0.05, 0.1) is 35.5 Å². The molecule has 0 aliphatic carbocycles. The van der Waals surface area contributed by atoms with Crippen molar-refractivity contribution in [2.45, 2.75) is 31.4 Å². The summed E-state index contributed by atoms with van der Waals surface area (Å²) in [5.74, 6) is 0.376. The standard InChI is InChI=1S/C24H24N2O3S/c1-15-16(2)26-23(17(3)25-15)14-30-21-10-8-18(9-11-21)12-22(24(27)28)19-6-5-7-20(13-19)29-4/h5-13H,14H2,1-4H3,(H,27,28)/b22-12+. The highest BCUT2D eigenvalue weighted by Gasteiger charge is 2.12. The minimum Gasteiger partial charge on any atom is -0.497 e. The molecule has 5 nitrogen and oxygen atoms in total. The molecule has 0 amide bonds. The van der Waals surface area contributed by atoms with Gasteiger partial charge in [-0.2, -0.15) is 0 Å². The Kier molecular flexibility index (Phi) is 6.90. The lowest BCUT2D eigenvalue weighted by atomic mass is 10.0. The average Bonchev–Trinajstić information content (AvgIpc) is 2.74. The Bertz CT molecular complexity index is 1090.